The minimum atomic E-state index is -0.488. The van der Waals surface area contributed by atoms with E-state index in [0.717, 1.165) is 16.0 Å². The molecule has 92 valence electrons. The third-order valence-electron chi connectivity index (χ3n) is 3.23. The van der Waals surface area contributed by atoms with E-state index >= 15 is 0 Å². The molecule has 1 aliphatic rings. The Bertz CT molecular complexity index is 530. The van der Waals surface area contributed by atoms with Gasteiger partial charge in [-0.1, -0.05) is 25.3 Å². The van der Waals surface area contributed by atoms with Crippen LogP contribution < -0.4 is 4.90 Å². The molecule has 0 bridgehead atoms. The van der Waals surface area contributed by atoms with E-state index in [4.69, 9.17) is 7.85 Å². The molecule has 1 atom stereocenters. The highest BCUT2D eigenvalue weighted by atomic mass is 32.2. The molecule has 0 spiro atoms. The number of nitrogens with zero attached hydrogens (tertiary/aromatic N) is 1. The van der Waals surface area contributed by atoms with E-state index in [0.29, 0.717) is 12.2 Å². The molecule has 0 saturated heterocycles. The van der Waals surface area contributed by atoms with Crippen LogP contribution in [0.15, 0.2) is 22.9 Å². The lowest BCUT2D eigenvalue weighted by Gasteiger charge is -2.17. The summed E-state index contributed by atoms with van der Waals surface area (Å²) in [5, 5.41) is 11.7. The highest BCUT2D eigenvalue weighted by molar-refractivity contribution is 8.02. The Hall–Kier alpha value is -1.36. The molecule has 1 aliphatic heterocycles. The lowest BCUT2D eigenvalue weighted by atomic mass is 10.0. The zero-order chi connectivity index (χ0) is 13.4. The van der Waals surface area contributed by atoms with E-state index in [-0.39, 0.29) is 11.7 Å². The van der Waals surface area contributed by atoms with Gasteiger partial charge < -0.3 is 10.0 Å². The smallest absolute Gasteiger partial charge is 0.201 e. The Morgan fingerprint density at radius 2 is 2.39 bits per heavy atom. The summed E-state index contributed by atoms with van der Waals surface area (Å²) < 4.78 is 0. The normalized spacial score (nSPS) is 17.7. The minimum Gasteiger partial charge on any atom is -0.508 e. The summed E-state index contributed by atoms with van der Waals surface area (Å²) in [5.41, 5.74) is 2.59. The van der Waals surface area contributed by atoms with Gasteiger partial charge in [0.15, 0.2) is 5.81 Å². The fraction of sp³-hybridized carbons (Fsp3) is 0.308. The molecule has 0 fully saturated rings. The van der Waals surface area contributed by atoms with Crippen molar-refractivity contribution in [1.29, 1.82) is 0 Å². The van der Waals surface area contributed by atoms with Crippen LogP contribution in [0.1, 0.15) is 24.0 Å². The Morgan fingerprint density at radius 3 is 2.94 bits per heavy atom. The third-order valence-corrected chi connectivity index (χ3v) is 4.15. The van der Waals surface area contributed by atoms with Crippen LogP contribution in [0.4, 0.5) is 10.5 Å². The lowest BCUT2D eigenvalue weighted by molar-refractivity contribution is 0.264. The van der Waals surface area contributed by atoms with Crippen LogP contribution in [0.25, 0.3) is 0 Å². The van der Waals surface area contributed by atoms with E-state index in [9.17, 15) is 9.90 Å². The van der Waals surface area contributed by atoms with Crippen molar-refractivity contribution in [2.45, 2.75) is 24.7 Å². The largest absolute Gasteiger partial charge is 0.508 e. The maximum Gasteiger partial charge on any atom is 0.201 e. The number of phenols is 1. The maximum absolute atomic E-state index is 11.4. The predicted molar refractivity (Wildman–Crippen MR) is 75.8 cm³/mol. The van der Waals surface area contributed by atoms with Crippen molar-refractivity contribution in [2.75, 3.05) is 11.4 Å². The molecule has 2 radical (unpaired) electrons. The molecule has 0 aromatic heterocycles. The van der Waals surface area contributed by atoms with Crippen LogP contribution in [0.2, 0.25) is 0 Å². The van der Waals surface area contributed by atoms with Crippen molar-refractivity contribution in [3.63, 3.8) is 0 Å². The molecule has 1 aromatic rings. The summed E-state index contributed by atoms with van der Waals surface area (Å²) >= 11 is 1.46. The number of phenolic OH excluding ortho intramolecular Hbond substituents is 1. The highest BCUT2D eigenvalue weighted by Crippen LogP contribution is 2.46. The van der Waals surface area contributed by atoms with Crippen molar-refractivity contribution in [3.8, 4) is 5.75 Å². The zero-order valence-electron chi connectivity index (χ0n) is 10.4. The van der Waals surface area contributed by atoms with Gasteiger partial charge in [-0.05, 0) is 17.9 Å². The second-order valence-electron chi connectivity index (χ2n) is 4.42. The standard InChI is InChI=1S/C13H14BNO2S/c1-4-18-12-8(3)10(16)5-9-11(12)7(2)6-15(9)13(14)17/h4-5,7,16H,1,6H2,2-3H3. The number of anilines is 1. The molecule has 1 heterocycles. The van der Waals surface area contributed by atoms with Gasteiger partial charge in [-0.15, -0.1) is 0 Å². The number of carbonyl (C=O) groups is 1. The number of hydrogen-bond acceptors (Lipinski definition) is 3. The first-order valence-corrected chi connectivity index (χ1v) is 6.56. The number of rotatable bonds is 2. The number of carbonyl (C=O) groups excluding carboxylic acids is 1. The minimum absolute atomic E-state index is 0.179. The first-order valence-electron chi connectivity index (χ1n) is 5.68. The number of fused-ring (bicyclic) bond motifs is 1. The summed E-state index contributed by atoms with van der Waals surface area (Å²) in [6, 6.07) is 1.62. The molecule has 1 unspecified atom stereocenters. The van der Waals surface area contributed by atoms with E-state index in [1.165, 1.54) is 16.7 Å². The molecular formula is C13H14BNO2S. The van der Waals surface area contributed by atoms with Crippen molar-refractivity contribution in [3.05, 3.63) is 29.2 Å². The van der Waals surface area contributed by atoms with Crippen LogP contribution in [0, 0.1) is 6.92 Å². The molecule has 1 N–H and O–H groups in total. The number of thioether (sulfide) groups is 1. The van der Waals surface area contributed by atoms with E-state index < -0.39 is 5.81 Å². The monoisotopic (exact) mass is 259 g/mol. The number of hydrogen-bond donors (Lipinski definition) is 1. The number of benzene rings is 1. The summed E-state index contributed by atoms with van der Waals surface area (Å²) in [6.45, 7) is 8.17. The molecule has 1 aromatic carbocycles. The fourth-order valence-electron chi connectivity index (χ4n) is 2.36. The van der Waals surface area contributed by atoms with E-state index in [1.807, 2.05) is 13.8 Å². The van der Waals surface area contributed by atoms with Crippen molar-refractivity contribution >= 4 is 31.1 Å². The van der Waals surface area contributed by atoms with Gasteiger partial charge in [-0.25, -0.2) is 0 Å². The van der Waals surface area contributed by atoms with Crippen molar-refractivity contribution < 1.29 is 9.90 Å². The molecule has 0 saturated carbocycles. The fourth-order valence-corrected chi connectivity index (χ4v) is 3.24. The zero-order valence-corrected chi connectivity index (χ0v) is 11.3. The van der Waals surface area contributed by atoms with Crippen LogP contribution >= 0.6 is 11.8 Å². The average Bonchev–Trinajstić information content (AvgIpc) is 2.62. The SMILES string of the molecule is [B]C(=O)N1CC(C)c2c1cc(O)c(C)c2SC=C. The molecule has 2 rings (SSSR count). The second kappa shape index (κ2) is 4.73. The van der Waals surface area contributed by atoms with Gasteiger partial charge in [0.25, 0.3) is 0 Å². The Balaban J connectivity index is 2.67. The Labute approximate surface area is 112 Å². The highest BCUT2D eigenvalue weighted by Gasteiger charge is 2.31. The number of amides is 1. The Kier molecular flexibility index (Phi) is 3.44. The predicted octanol–water partition coefficient (Wildman–Crippen LogP) is 3.15. The topological polar surface area (TPSA) is 40.5 Å². The van der Waals surface area contributed by atoms with Crippen LogP contribution in [0.3, 0.4) is 0 Å². The molecule has 1 amide bonds. The third kappa shape index (κ3) is 1.92. The quantitative estimate of drug-likeness (QED) is 0.655. The summed E-state index contributed by atoms with van der Waals surface area (Å²) in [4.78, 5) is 13.9. The van der Waals surface area contributed by atoms with Crippen molar-refractivity contribution in [1.82, 2.24) is 0 Å². The Morgan fingerprint density at radius 1 is 1.72 bits per heavy atom. The average molecular weight is 259 g/mol. The van der Waals surface area contributed by atoms with Gasteiger partial charge in [-0.2, -0.15) is 0 Å². The van der Waals surface area contributed by atoms with Gasteiger partial charge in [0, 0.05) is 29.0 Å². The molecular weight excluding hydrogens is 245 g/mol. The molecule has 18 heavy (non-hydrogen) atoms. The van der Waals surface area contributed by atoms with E-state index in [2.05, 4.69) is 6.58 Å². The van der Waals surface area contributed by atoms with Crippen molar-refractivity contribution in [2.24, 2.45) is 0 Å². The molecule has 3 nitrogen and oxygen atoms in total. The first-order chi connectivity index (χ1) is 8.47. The van der Waals surface area contributed by atoms with Crippen LogP contribution in [-0.4, -0.2) is 25.3 Å². The van der Waals surface area contributed by atoms with Crippen LogP contribution in [0.5, 0.6) is 5.75 Å². The van der Waals surface area contributed by atoms with Gasteiger partial charge in [-0.3, -0.25) is 4.79 Å². The molecule has 5 heteroatoms. The lowest BCUT2D eigenvalue weighted by Crippen LogP contribution is -2.27. The van der Waals surface area contributed by atoms with Crippen LogP contribution in [-0.2, 0) is 0 Å². The maximum atomic E-state index is 11.4. The van der Waals surface area contributed by atoms with Gasteiger partial charge >= 0.3 is 0 Å². The van der Waals surface area contributed by atoms with E-state index in [1.54, 1.807) is 11.5 Å². The molecule has 0 aliphatic carbocycles. The van der Waals surface area contributed by atoms with Gasteiger partial charge in [0.1, 0.15) is 5.75 Å². The summed E-state index contributed by atoms with van der Waals surface area (Å²) in [6.07, 6.45) is 0. The summed E-state index contributed by atoms with van der Waals surface area (Å²) in [5.74, 6) is -0.105. The second-order valence-corrected chi connectivity index (χ2v) is 5.39. The van der Waals surface area contributed by atoms with Gasteiger partial charge in [0.2, 0.25) is 7.85 Å². The number of aromatic hydroxyl groups is 1. The first kappa shape index (κ1) is 13.1. The van der Waals surface area contributed by atoms with Gasteiger partial charge in [0.05, 0.1) is 5.69 Å². The summed E-state index contributed by atoms with van der Waals surface area (Å²) in [7, 11) is 5.37.